The van der Waals surface area contributed by atoms with Crippen molar-refractivity contribution in [2.24, 2.45) is 0 Å². The Bertz CT molecular complexity index is 1040. The number of benzene rings is 2. The van der Waals surface area contributed by atoms with Crippen molar-refractivity contribution < 1.29 is 14.3 Å². The SMILES string of the molecule is C#CCOc1ccc(-c2nccnc2NC(=O)Cc2ccc(C)cc2)cc1OC. The summed E-state index contributed by atoms with van der Waals surface area (Å²) in [6, 6.07) is 13.2. The van der Waals surface area contributed by atoms with Crippen LogP contribution < -0.4 is 14.8 Å². The zero-order chi connectivity index (χ0) is 20.6. The van der Waals surface area contributed by atoms with E-state index in [0.29, 0.717) is 23.0 Å². The highest BCUT2D eigenvalue weighted by Gasteiger charge is 2.14. The number of rotatable bonds is 7. The van der Waals surface area contributed by atoms with Gasteiger partial charge in [-0.05, 0) is 30.7 Å². The number of terminal acetylenes is 1. The summed E-state index contributed by atoms with van der Waals surface area (Å²) in [5.74, 6) is 3.67. The van der Waals surface area contributed by atoms with Gasteiger partial charge in [-0.2, -0.15) is 0 Å². The van der Waals surface area contributed by atoms with E-state index in [9.17, 15) is 4.79 Å². The molecular formula is C23H21N3O3. The minimum atomic E-state index is -0.170. The van der Waals surface area contributed by atoms with E-state index in [1.807, 2.05) is 37.3 Å². The first kappa shape index (κ1) is 19.9. The molecule has 0 aliphatic heterocycles. The van der Waals surface area contributed by atoms with Crippen LogP contribution in [-0.4, -0.2) is 29.6 Å². The zero-order valence-electron chi connectivity index (χ0n) is 16.3. The number of aryl methyl sites for hydroxylation is 1. The second-order valence-corrected chi connectivity index (χ2v) is 6.32. The highest BCUT2D eigenvalue weighted by Crippen LogP contribution is 2.33. The molecule has 0 aliphatic rings. The van der Waals surface area contributed by atoms with Crippen molar-refractivity contribution in [3.8, 4) is 35.1 Å². The molecule has 6 nitrogen and oxygen atoms in total. The maximum atomic E-state index is 12.5. The number of nitrogens with one attached hydrogen (secondary N) is 1. The van der Waals surface area contributed by atoms with Crippen molar-refractivity contribution in [3.63, 3.8) is 0 Å². The molecule has 0 unspecified atom stereocenters. The van der Waals surface area contributed by atoms with Crippen LogP contribution in [0.3, 0.4) is 0 Å². The maximum absolute atomic E-state index is 12.5. The van der Waals surface area contributed by atoms with Crippen LogP contribution in [-0.2, 0) is 11.2 Å². The van der Waals surface area contributed by atoms with Crippen LogP contribution in [0.5, 0.6) is 11.5 Å². The van der Waals surface area contributed by atoms with Crippen LogP contribution >= 0.6 is 0 Å². The maximum Gasteiger partial charge on any atom is 0.230 e. The molecule has 6 heteroatoms. The molecule has 3 aromatic rings. The topological polar surface area (TPSA) is 73.3 Å². The zero-order valence-corrected chi connectivity index (χ0v) is 16.3. The monoisotopic (exact) mass is 387 g/mol. The summed E-state index contributed by atoms with van der Waals surface area (Å²) in [4.78, 5) is 21.2. The third-order valence-corrected chi connectivity index (χ3v) is 4.19. The molecule has 146 valence electrons. The van der Waals surface area contributed by atoms with Crippen molar-refractivity contribution in [1.82, 2.24) is 9.97 Å². The van der Waals surface area contributed by atoms with Crippen molar-refractivity contribution in [2.45, 2.75) is 13.3 Å². The van der Waals surface area contributed by atoms with E-state index < -0.39 is 0 Å². The number of methoxy groups -OCH3 is 1. The predicted molar refractivity (Wildman–Crippen MR) is 112 cm³/mol. The third kappa shape index (κ3) is 5.11. The molecule has 1 aromatic heterocycles. The van der Waals surface area contributed by atoms with E-state index in [4.69, 9.17) is 15.9 Å². The number of nitrogens with zero attached hydrogens (tertiary/aromatic N) is 2. The smallest absolute Gasteiger partial charge is 0.230 e. The highest BCUT2D eigenvalue weighted by molar-refractivity contribution is 5.94. The van der Waals surface area contributed by atoms with Crippen molar-refractivity contribution in [1.29, 1.82) is 0 Å². The fourth-order valence-electron chi connectivity index (χ4n) is 2.76. The highest BCUT2D eigenvalue weighted by atomic mass is 16.5. The molecule has 1 heterocycles. The summed E-state index contributed by atoms with van der Waals surface area (Å²) < 4.78 is 10.9. The van der Waals surface area contributed by atoms with E-state index in [1.54, 1.807) is 25.4 Å². The molecule has 29 heavy (non-hydrogen) atoms. The summed E-state index contributed by atoms with van der Waals surface area (Å²) >= 11 is 0. The van der Waals surface area contributed by atoms with Gasteiger partial charge in [-0.1, -0.05) is 35.7 Å². The minimum Gasteiger partial charge on any atom is -0.493 e. The first-order valence-corrected chi connectivity index (χ1v) is 9.01. The van der Waals surface area contributed by atoms with Crippen LogP contribution in [0.1, 0.15) is 11.1 Å². The first-order valence-electron chi connectivity index (χ1n) is 9.01. The van der Waals surface area contributed by atoms with E-state index in [1.165, 1.54) is 6.20 Å². The van der Waals surface area contributed by atoms with Gasteiger partial charge in [0.05, 0.1) is 13.5 Å². The Balaban J connectivity index is 1.82. The molecule has 0 bridgehead atoms. The molecule has 1 amide bonds. The van der Waals surface area contributed by atoms with Gasteiger partial charge in [-0.25, -0.2) is 4.98 Å². The first-order chi connectivity index (χ1) is 14.1. The minimum absolute atomic E-state index is 0.140. The van der Waals surface area contributed by atoms with Crippen molar-refractivity contribution in [2.75, 3.05) is 19.0 Å². The molecule has 2 aromatic carbocycles. The second-order valence-electron chi connectivity index (χ2n) is 6.32. The normalized spacial score (nSPS) is 10.1. The van der Waals surface area contributed by atoms with Crippen molar-refractivity contribution in [3.05, 3.63) is 66.0 Å². The largest absolute Gasteiger partial charge is 0.493 e. The Kier molecular flexibility index (Phi) is 6.43. The lowest BCUT2D eigenvalue weighted by molar-refractivity contribution is -0.115. The van der Waals surface area contributed by atoms with Crippen LogP contribution in [0.25, 0.3) is 11.3 Å². The number of amides is 1. The van der Waals surface area contributed by atoms with Gasteiger partial charge in [0.15, 0.2) is 17.3 Å². The molecule has 0 fully saturated rings. The number of ether oxygens (including phenoxy) is 2. The van der Waals surface area contributed by atoms with Gasteiger partial charge in [-0.3, -0.25) is 9.78 Å². The molecule has 0 atom stereocenters. The second kappa shape index (κ2) is 9.38. The summed E-state index contributed by atoms with van der Waals surface area (Å²) in [7, 11) is 1.54. The van der Waals surface area contributed by atoms with Crippen LogP contribution in [0.15, 0.2) is 54.9 Å². The van der Waals surface area contributed by atoms with Gasteiger partial charge >= 0.3 is 0 Å². The summed E-state index contributed by atoms with van der Waals surface area (Å²) in [6.07, 6.45) is 8.60. The van der Waals surface area contributed by atoms with Crippen LogP contribution in [0.4, 0.5) is 5.82 Å². The average Bonchev–Trinajstić information content (AvgIpc) is 2.74. The third-order valence-electron chi connectivity index (χ3n) is 4.19. The van der Waals surface area contributed by atoms with E-state index >= 15 is 0 Å². The van der Waals surface area contributed by atoms with Crippen LogP contribution in [0.2, 0.25) is 0 Å². The average molecular weight is 387 g/mol. The Labute approximate surface area is 169 Å². The predicted octanol–water partition coefficient (Wildman–Crippen LogP) is 3.65. The number of carbonyl (C=O) groups excluding carboxylic acids is 1. The number of hydrogen-bond donors (Lipinski definition) is 1. The van der Waals surface area contributed by atoms with E-state index in [-0.39, 0.29) is 18.9 Å². The molecule has 3 rings (SSSR count). The summed E-state index contributed by atoms with van der Waals surface area (Å²) in [6.45, 7) is 2.15. The Morgan fingerprint density at radius 2 is 1.86 bits per heavy atom. The number of carbonyl (C=O) groups is 1. The molecule has 0 saturated heterocycles. The Morgan fingerprint density at radius 3 is 2.59 bits per heavy atom. The lowest BCUT2D eigenvalue weighted by atomic mass is 10.1. The van der Waals surface area contributed by atoms with Gasteiger partial charge < -0.3 is 14.8 Å². The summed E-state index contributed by atoms with van der Waals surface area (Å²) in [5.41, 5.74) is 3.34. The van der Waals surface area contributed by atoms with Crippen molar-refractivity contribution >= 4 is 11.7 Å². The lowest BCUT2D eigenvalue weighted by Gasteiger charge is -2.13. The van der Waals surface area contributed by atoms with Gasteiger partial charge in [0, 0.05) is 18.0 Å². The van der Waals surface area contributed by atoms with E-state index in [2.05, 4.69) is 21.2 Å². The quantitative estimate of drug-likeness (QED) is 0.627. The lowest BCUT2D eigenvalue weighted by Crippen LogP contribution is -2.16. The molecule has 0 radical (unpaired) electrons. The molecular weight excluding hydrogens is 366 g/mol. The van der Waals surface area contributed by atoms with Gasteiger partial charge in [0.25, 0.3) is 0 Å². The van der Waals surface area contributed by atoms with Crippen LogP contribution in [0, 0.1) is 19.3 Å². The Hall–Kier alpha value is -3.85. The van der Waals surface area contributed by atoms with Gasteiger partial charge in [0.1, 0.15) is 12.3 Å². The van der Waals surface area contributed by atoms with E-state index in [0.717, 1.165) is 16.7 Å². The summed E-state index contributed by atoms with van der Waals surface area (Å²) in [5, 5.41) is 2.85. The number of hydrogen-bond acceptors (Lipinski definition) is 5. The molecule has 1 N–H and O–H groups in total. The molecule has 0 spiro atoms. The molecule has 0 aliphatic carbocycles. The van der Waals surface area contributed by atoms with Gasteiger partial charge in [-0.15, -0.1) is 6.42 Å². The fourth-order valence-corrected chi connectivity index (χ4v) is 2.76. The molecule has 0 saturated carbocycles. The van der Waals surface area contributed by atoms with Gasteiger partial charge in [0.2, 0.25) is 5.91 Å². The number of aromatic nitrogens is 2. The fraction of sp³-hybridized carbons (Fsp3) is 0.174. The standard InChI is InChI=1S/C23H21N3O3/c1-4-13-29-19-10-9-18(15-20(19)28-3)22-23(25-12-11-24-22)26-21(27)14-17-7-5-16(2)6-8-17/h1,5-12,15H,13-14H2,2-3H3,(H,25,26,27). The number of anilines is 1. The Morgan fingerprint density at radius 1 is 1.10 bits per heavy atom.